The van der Waals surface area contributed by atoms with Crippen LogP contribution in [0.3, 0.4) is 0 Å². The van der Waals surface area contributed by atoms with Gasteiger partial charge in [0, 0.05) is 12.6 Å². The highest BCUT2D eigenvalue weighted by Gasteiger charge is 2.30. The van der Waals surface area contributed by atoms with E-state index in [-0.39, 0.29) is 30.3 Å². The Morgan fingerprint density at radius 1 is 0.935 bits per heavy atom. The summed E-state index contributed by atoms with van der Waals surface area (Å²) in [7, 11) is 0. The lowest BCUT2D eigenvalue weighted by Crippen LogP contribution is -2.49. The molecule has 5 nitrogen and oxygen atoms in total. The fourth-order valence-corrected chi connectivity index (χ4v) is 4.18. The van der Waals surface area contributed by atoms with E-state index in [0.29, 0.717) is 6.54 Å². The van der Waals surface area contributed by atoms with E-state index in [0.717, 1.165) is 44.1 Å². The lowest BCUT2D eigenvalue weighted by molar-refractivity contribution is -0.125. The normalized spacial score (nSPS) is 19.0. The number of carbonyl (C=O) groups is 2. The number of rotatable bonds is 10. The molecule has 2 unspecified atom stereocenters. The van der Waals surface area contributed by atoms with E-state index < -0.39 is 0 Å². The summed E-state index contributed by atoms with van der Waals surface area (Å²) in [5, 5.41) is 6.29. The molecular formula is C26H33N3O2. The van der Waals surface area contributed by atoms with Gasteiger partial charge in [0.05, 0.1) is 12.5 Å². The highest BCUT2D eigenvalue weighted by molar-refractivity contribution is 5.81. The van der Waals surface area contributed by atoms with Crippen LogP contribution in [0.2, 0.25) is 0 Å². The second-order valence-corrected chi connectivity index (χ2v) is 8.27. The molecule has 1 fully saturated rings. The topological polar surface area (TPSA) is 84.2 Å². The van der Waals surface area contributed by atoms with E-state index in [1.54, 1.807) is 0 Å². The molecule has 0 bridgehead atoms. The predicted octanol–water partition coefficient (Wildman–Crippen LogP) is 3.45. The zero-order valence-corrected chi connectivity index (χ0v) is 18.1. The van der Waals surface area contributed by atoms with Crippen molar-refractivity contribution >= 4 is 17.9 Å². The largest absolute Gasteiger partial charge is 0.369 e. The maximum Gasteiger partial charge on any atom is 0.234 e. The van der Waals surface area contributed by atoms with E-state index in [2.05, 4.69) is 53.1 Å². The third-order valence-corrected chi connectivity index (χ3v) is 5.86. The smallest absolute Gasteiger partial charge is 0.234 e. The zero-order chi connectivity index (χ0) is 21.9. The first-order valence-electron chi connectivity index (χ1n) is 11.2. The molecule has 0 saturated heterocycles. The molecule has 0 spiro atoms. The van der Waals surface area contributed by atoms with Gasteiger partial charge < -0.3 is 16.4 Å². The summed E-state index contributed by atoms with van der Waals surface area (Å²) in [5.41, 5.74) is 9.22. The molecule has 0 aliphatic heterocycles. The van der Waals surface area contributed by atoms with Crippen molar-refractivity contribution in [1.82, 2.24) is 10.6 Å². The molecular weight excluding hydrogens is 386 g/mol. The van der Waals surface area contributed by atoms with Crippen molar-refractivity contribution in [3.8, 4) is 0 Å². The number of hydrogen-bond acceptors (Lipinski definition) is 3. The first kappa shape index (κ1) is 22.8. The maximum absolute atomic E-state index is 12.5. The third kappa shape index (κ3) is 7.68. The standard InChI is InChI=1S/C26H33N3O2/c27-26(31)23-13-7-8-14-24(23)29-25(30)19-28-18-22(17-21-11-5-2-6-12-21)16-15-20-9-3-1-4-10-20/h1-6,9-12,17,23-24,28H,7-8,13-16,18-19H2,(H2,27,31)(H,29,30)/b22-17+. The number of carbonyl (C=O) groups excluding carboxylic acids is 2. The van der Waals surface area contributed by atoms with E-state index in [9.17, 15) is 9.59 Å². The second-order valence-electron chi connectivity index (χ2n) is 8.27. The first-order chi connectivity index (χ1) is 15.1. The van der Waals surface area contributed by atoms with Crippen LogP contribution in [-0.2, 0) is 16.0 Å². The van der Waals surface area contributed by atoms with Crippen molar-refractivity contribution in [2.24, 2.45) is 11.7 Å². The van der Waals surface area contributed by atoms with Crippen molar-refractivity contribution in [1.29, 1.82) is 0 Å². The first-order valence-corrected chi connectivity index (χ1v) is 11.2. The maximum atomic E-state index is 12.5. The van der Waals surface area contributed by atoms with Crippen LogP contribution in [0.25, 0.3) is 6.08 Å². The van der Waals surface area contributed by atoms with Gasteiger partial charge in [-0.05, 0) is 36.8 Å². The average Bonchev–Trinajstić information content (AvgIpc) is 2.79. The van der Waals surface area contributed by atoms with Gasteiger partial charge in [0.2, 0.25) is 11.8 Å². The van der Waals surface area contributed by atoms with Gasteiger partial charge in [0.25, 0.3) is 0 Å². The highest BCUT2D eigenvalue weighted by Crippen LogP contribution is 2.24. The van der Waals surface area contributed by atoms with Crippen LogP contribution in [0.15, 0.2) is 66.2 Å². The van der Waals surface area contributed by atoms with Gasteiger partial charge in [-0.15, -0.1) is 0 Å². The van der Waals surface area contributed by atoms with Crippen LogP contribution in [-0.4, -0.2) is 30.9 Å². The van der Waals surface area contributed by atoms with Crippen LogP contribution >= 0.6 is 0 Å². The van der Waals surface area contributed by atoms with Gasteiger partial charge in [0.15, 0.2) is 0 Å². The molecule has 2 atom stereocenters. The molecule has 1 aliphatic rings. The molecule has 0 heterocycles. The lowest BCUT2D eigenvalue weighted by atomic mass is 9.84. The fraction of sp³-hybridized carbons (Fsp3) is 0.385. The van der Waals surface area contributed by atoms with Gasteiger partial charge in [-0.1, -0.05) is 85.2 Å². The summed E-state index contributed by atoms with van der Waals surface area (Å²) >= 11 is 0. The molecule has 3 rings (SSSR count). The predicted molar refractivity (Wildman–Crippen MR) is 125 cm³/mol. The van der Waals surface area contributed by atoms with E-state index in [4.69, 9.17) is 5.73 Å². The summed E-state index contributed by atoms with van der Waals surface area (Å²) in [6.45, 7) is 0.860. The Morgan fingerprint density at radius 2 is 1.61 bits per heavy atom. The molecule has 0 radical (unpaired) electrons. The van der Waals surface area contributed by atoms with Gasteiger partial charge in [0.1, 0.15) is 0 Å². The monoisotopic (exact) mass is 419 g/mol. The zero-order valence-electron chi connectivity index (χ0n) is 18.1. The van der Waals surface area contributed by atoms with Gasteiger partial charge >= 0.3 is 0 Å². The molecule has 0 aromatic heterocycles. The van der Waals surface area contributed by atoms with Crippen molar-refractivity contribution in [3.05, 3.63) is 77.4 Å². The summed E-state index contributed by atoms with van der Waals surface area (Å²) < 4.78 is 0. The highest BCUT2D eigenvalue weighted by atomic mass is 16.2. The van der Waals surface area contributed by atoms with Crippen molar-refractivity contribution in [2.75, 3.05) is 13.1 Å². The average molecular weight is 420 g/mol. The molecule has 31 heavy (non-hydrogen) atoms. The summed E-state index contributed by atoms with van der Waals surface area (Å²) in [6, 6.07) is 20.5. The van der Waals surface area contributed by atoms with Crippen molar-refractivity contribution < 1.29 is 9.59 Å². The number of primary amides is 1. The SMILES string of the molecule is NC(=O)C1CCCCC1NC(=O)CNC/C(=C/c1ccccc1)CCc1ccccc1. The van der Waals surface area contributed by atoms with E-state index >= 15 is 0 Å². The van der Waals surface area contributed by atoms with E-state index in [1.807, 2.05) is 24.3 Å². The number of amides is 2. The molecule has 2 aromatic rings. The number of hydrogen-bond donors (Lipinski definition) is 3. The minimum Gasteiger partial charge on any atom is -0.369 e. The van der Waals surface area contributed by atoms with Crippen LogP contribution in [0.5, 0.6) is 0 Å². The molecule has 1 saturated carbocycles. The van der Waals surface area contributed by atoms with E-state index in [1.165, 1.54) is 11.1 Å². The van der Waals surface area contributed by atoms with Gasteiger partial charge in [-0.25, -0.2) is 0 Å². The minimum atomic E-state index is -0.313. The molecule has 2 amide bonds. The number of benzene rings is 2. The van der Waals surface area contributed by atoms with Gasteiger partial charge in [-0.2, -0.15) is 0 Å². The Hall–Kier alpha value is -2.92. The van der Waals surface area contributed by atoms with Crippen molar-refractivity contribution in [3.63, 3.8) is 0 Å². The van der Waals surface area contributed by atoms with Crippen molar-refractivity contribution in [2.45, 2.75) is 44.6 Å². The van der Waals surface area contributed by atoms with Crippen LogP contribution in [0.1, 0.15) is 43.2 Å². The summed E-state index contributed by atoms with van der Waals surface area (Å²) in [4.78, 5) is 24.1. The Morgan fingerprint density at radius 3 is 2.32 bits per heavy atom. The lowest BCUT2D eigenvalue weighted by Gasteiger charge is -2.30. The Balaban J connectivity index is 1.53. The second kappa shape index (κ2) is 12.1. The Labute approximate surface area is 185 Å². The molecule has 1 aliphatic carbocycles. The van der Waals surface area contributed by atoms with Crippen LogP contribution in [0, 0.1) is 5.92 Å². The molecule has 4 N–H and O–H groups in total. The number of aryl methyl sites for hydroxylation is 1. The fourth-order valence-electron chi connectivity index (χ4n) is 4.18. The number of nitrogens with two attached hydrogens (primary N) is 1. The minimum absolute atomic E-state index is 0.0831. The Bertz CT molecular complexity index is 865. The summed E-state index contributed by atoms with van der Waals surface area (Å²) in [5.74, 6) is -0.649. The van der Waals surface area contributed by atoms with Crippen LogP contribution in [0.4, 0.5) is 0 Å². The number of nitrogens with one attached hydrogen (secondary N) is 2. The Kier molecular flexibility index (Phi) is 8.85. The third-order valence-electron chi connectivity index (χ3n) is 5.86. The summed E-state index contributed by atoms with van der Waals surface area (Å²) in [6.07, 6.45) is 7.65. The quantitative estimate of drug-likeness (QED) is 0.551. The van der Waals surface area contributed by atoms with Gasteiger partial charge in [-0.3, -0.25) is 9.59 Å². The molecule has 2 aromatic carbocycles. The molecule has 5 heteroatoms. The molecule has 164 valence electrons. The van der Waals surface area contributed by atoms with Crippen LogP contribution < -0.4 is 16.4 Å².